The molecule has 20 heavy (non-hydrogen) atoms. The third kappa shape index (κ3) is 5.84. The molecule has 6 heteroatoms. The molecule has 0 heterocycles. The van der Waals surface area contributed by atoms with Crippen LogP contribution in [0.2, 0.25) is 0 Å². The normalized spacial score (nSPS) is 19.6. The molecule has 4 nitrogen and oxygen atoms in total. The molecule has 0 aromatic rings. The van der Waals surface area contributed by atoms with Crippen molar-refractivity contribution in [3.63, 3.8) is 0 Å². The summed E-state index contributed by atoms with van der Waals surface area (Å²) in [6, 6.07) is -1.50. The summed E-state index contributed by atoms with van der Waals surface area (Å²) in [6.07, 6.45) is 2.86. The van der Waals surface area contributed by atoms with Gasteiger partial charge in [-0.25, -0.2) is 13.6 Å². The van der Waals surface area contributed by atoms with Crippen LogP contribution in [0.5, 0.6) is 0 Å². The second-order valence-corrected chi connectivity index (χ2v) is 5.67. The standard InChI is InChI=1S/C14H23F2NO3/c1-9(7-10-5-3-2-4-6-10)13(18)17-11(14(19)20)8-12(15)16/h9-12H,2-8H2,1H3,(H,17,18)(H,19,20). The van der Waals surface area contributed by atoms with Crippen LogP contribution in [-0.2, 0) is 9.59 Å². The number of carbonyl (C=O) groups is 2. The molecule has 1 amide bonds. The van der Waals surface area contributed by atoms with Gasteiger partial charge in [-0.1, -0.05) is 39.0 Å². The quantitative estimate of drug-likeness (QED) is 0.758. The van der Waals surface area contributed by atoms with Gasteiger partial charge in [0.25, 0.3) is 0 Å². The van der Waals surface area contributed by atoms with Gasteiger partial charge in [-0.15, -0.1) is 0 Å². The minimum absolute atomic E-state index is 0.336. The molecule has 0 spiro atoms. The Morgan fingerprint density at radius 2 is 1.85 bits per heavy atom. The van der Waals surface area contributed by atoms with Gasteiger partial charge in [-0.2, -0.15) is 0 Å². The van der Waals surface area contributed by atoms with Gasteiger partial charge < -0.3 is 10.4 Å². The van der Waals surface area contributed by atoms with E-state index >= 15 is 0 Å². The van der Waals surface area contributed by atoms with Crippen LogP contribution in [-0.4, -0.2) is 29.5 Å². The number of nitrogens with one attached hydrogen (secondary N) is 1. The first-order valence-corrected chi connectivity index (χ1v) is 7.21. The molecule has 116 valence electrons. The lowest BCUT2D eigenvalue weighted by molar-refractivity contribution is -0.143. The number of hydrogen-bond acceptors (Lipinski definition) is 2. The maximum absolute atomic E-state index is 12.3. The molecule has 2 atom stereocenters. The van der Waals surface area contributed by atoms with Gasteiger partial charge in [0.05, 0.1) is 0 Å². The number of rotatable bonds is 7. The summed E-state index contributed by atoms with van der Waals surface area (Å²) in [6.45, 7) is 1.73. The highest BCUT2D eigenvalue weighted by Crippen LogP contribution is 2.29. The molecule has 2 N–H and O–H groups in total. The number of amides is 1. The molecule has 1 fully saturated rings. The van der Waals surface area contributed by atoms with Crippen LogP contribution in [0.25, 0.3) is 0 Å². The summed E-state index contributed by atoms with van der Waals surface area (Å²) in [5.74, 6) is -1.70. The fraction of sp³-hybridized carbons (Fsp3) is 0.857. The second-order valence-electron chi connectivity index (χ2n) is 5.67. The van der Waals surface area contributed by atoms with Crippen molar-refractivity contribution in [3.05, 3.63) is 0 Å². The highest BCUT2D eigenvalue weighted by atomic mass is 19.3. The van der Waals surface area contributed by atoms with Gasteiger partial charge >= 0.3 is 5.97 Å². The molecule has 1 rings (SSSR count). The second kappa shape index (κ2) is 8.17. The van der Waals surface area contributed by atoms with Crippen molar-refractivity contribution < 1.29 is 23.5 Å². The van der Waals surface area contributed by atoms with Crippen molar-refractivity contribution in [2.75, 3.05) is 0 Å². The number of carbonyl (C=O) groups excluding carboxylic acids is 1. The molecule has 0 radical (unpaired) electrons. The molecule has 0 aromatic heterocycles. The lowest BCUT2D eigenvalue weighted by Crippen LogP contribution is -2.44. The Morgan fingerprint density at radius 1 is 1.25 bits per heavy atom. The molecule has 1 saturated carbocycles. The zero-order chi connectivity index (χ0) is 15.1. The van der Waals surface area contributed by atoms with E-state index in [1.807, 2.05) is 0 Å². The van der Waals surface area contributed by atoms with Crippen LogP contribution in [0.1, 0.15) is 51.9 Å². The monoisotopic (exact) mass is 291 g/mol. The number of hydrogen-bond donors (Lipinski definition) is 2. The maximum atomic E-state index is 12.3. The largest absolute Gasteiger partial charge is 0.480 e. The van der Waals surface area contributed by atoms with Gasteiger partial charge in [0.15, 0.2) is 0 Å². The van der Waals surface area contributed by atoms with E-state index in [9.17, 15) is 18.4 Å². The van der Waals surface area contributed by atoms with Gasteiger partial charge in [0.2, 0.25) is 12.3 Å². The summed E-state index contributed by atoms with van der Waals surface area (Å²) in [5.41, 5.74) is 0. The smallest absolute Gasteiger partial charge is 0.326 e. The van der Waals surface area contributed by atoms with E-state index in [1.54, 1.807) is 6.92 Å². The van der Waals surface area contributed by atoms with Gasteiger partial charge in [-0.3, -0.25) is 4.79 Å². The average molecular weight is 291 g/mol. The highest BCUT2D eigenvalue weighted by molar-refractivity contribution is 5.84. The Labute approximate surface area is 117 Å². The van der Waals surface area contributed by atoms with Gasteiger partial charge in [0.1, 0.15) is 6.04 Å². The molecule has 2 unspecified atom stereocenters. The van der Waals surface area contributed by atoms with E-state index in [4.69, 9.17) is 5.11 Å². The van der Waals surface area contributed by atoms with Crippen molar-refractivity contribution >= 4 is 11.9 Å². The van der Waals surface area contributed by atoms with Gasteiger partial charge in [0, 0.05) is 12.3 Å². The molecular formula is C14H23F2NO3. The average Bonchev–Trinajstić information content (AvgIpc) is 2.38. The molecular weight excluding hydrogens is 268 g/mol. The molecule has 1 aliphatic carbocycles. The first-order valence-electron chi connectivity index (χ1n) is 7.21. The van der Waals surface area contributed by atoms with E-state index in [-0.39, 0.29) is 5.92 Å². The van der Waals surface area contributed by atoms with Crippen LogP contribution >= 0.6 is 0 Å². The van der Waals surface area contributed by atoms with E-state index in [1.165, 1.54) is 19.3 Å². The van der Waals surface area contributed by atoms with Crippen LogP contribution in [0, 0.1) is 11.8 Å². The Hall–Kier alpha value is -1.20. The third-order valence-corrected chi connectivity index (χ3v) is 3.89. The Balaban J connectivity index is 2.43. The molecule has 1 aliphatic rings. The van der Waals surface area contributed by atoms with E-state index in [0.29, 0.717) is 12.3 Å². The van der Waals surface area contributed by atoms with Crippen LogP contribution in [0.15, 0.2) is 0 Å². The lowest BCUT2D eigenvalue weighted by Gasteiger charge is -2.25. The zero-order valence-electron chi connectivity index (χ0n) is 11.8. The summed E-state index contributed by atoms with van der Waals surface area (Å²) in [4.78, 5) is 22.7. The first kappa shape index (κ1) is 16.9. The van der Waals surface area contributed by atoms with Gasteiger partial charge in [-0.05, 0) is 12.3 Å². The van der Waals surface area contributed by atoms with Crippen molar-refractivity contribution in [3.8, 4) is 0 Å². The summed E-state index contributed by atoms with van der Waals surface area (Å²) in [5, 5.41) is 11.0. The SMILES string of the molecule is CC(CC1CCCCC1)C(=O)NC(CC(F)F)C(=O)O. The molecule has 0 saturated heterocycles. The van der Waals surface area contributed by atoms with Crippen LogP contribution in [0.4, 0.5) is 8.78 Å². The minimum atomic E-state index is -2.75. The van der Waals surface area contributed by atoms with Crippen molar-refractivity contribution in [2.24, 2.45) is 11.8 Å². The number of halogens is 2. The Kier molecular flexibility index (Phi) is 6.88. The predicted molar refractivity (Wildman–Crippen MR) is 70.5 cm³/mol. The Morgan fingerprint density at radius 3 is 2.35 bits per heavy atom. The number of carboxylic acid groups (broad SMARTS) is 1. The zero-order valence-corrected chi connectivity index (χ0v) is 11.8. The van der Waals surface area contributed by atoms with Crippen molar-refractivity contribution in [1.29, 1.82) is 0 Å². The van der Waals surface area contributed by atoms with E-state index in [0.717, 1.165) is 12.8 Å². The van der Waals surface area contributed by atoms with Crippen LogP contribution in [0.3, 0.4) is 0 Å². The maximum Gasteiger partial charge on any atom is 0.326 e. The molecule has 0 aromatic carbocycles. The van der Waals surface area contributed by atoms with Crippen molar-refractivity contribution in [2.45, 2.75) is 64.3 Å². The summed E-state index contributed by atoms with van der Waals surface area (Å²) >= 11 is 0. The molecule has 0 aliphatic heterocycles. The molecule has 0 bridgehead atoms. The Bertz CT molecular complexity index is 330. The van der Waals surface area contributed by atoms with E-state index in [2.05, 4.69) is 5.32 Å². The minimum Gasteiger partial charge on any atom is -0.480 e. The lowest BCUT2D eigenvalue weighted by atomic mass is 9.83. The predicted octanol–water partition coefficient (Wildman–Crippen LogP) is 2.82. The highest BCUT2D eigenvalue weighted by Gasteiger charge is 2.27. The van der Waals surface area contributed by atoms with Crippen molar-refractivity contribution in [1.82, 2.24) is 5.32 Å². The topological polar surface area (TPSA) is 66.4 Å². The summed E-state index contributed by atoms with van der Waals surface area (Å²) in [7, 11) is 0. The fourth-order valence-electron chi connectivity index (χ4n) is 2.74. The third-order valence-electron chi connectivity index (χ3n) is 3.89. The summed E-state index contributed by atoms with van der Waals surface area (Å²) < 4.78 is 24.5. The fourth-order valence-corrected chi connectivity index (χ4v) is 2.74. The first-order chi connectivity index (χ1) is 9.40. The number of carboxylic acids is 1. The number of aliphatic carboxylic acids is 1. The van der Waals surface area contributed by atoms with E-state index < -0.39 is 30.8 Å². The van der Waals surface area contributed by atoms with Crippen LogP contribution < -0.4 is 5.32 Å². The number of alkyl halides is 2.